The van der Waals surface area contributed by atoms with Crippen molar-refractivity contribution in [2.45, 2.75) is 25.6 Å². The molecule has 3 rings (SSSR count). The molecular weight excluding hydrogens is 312 g/mol. The Hall–Kier alpha value is -0.840. The van der Waals surface area contributed by atoms with Gasteiger partial charge in [-0.1, -0.05) is 11.6 Å². The highest BCUT2D eigenvalue weighted by atomic mass is 79.9. The predicted molar refractivity (Wildman–Crippen MR) is 76.1 cm³/mol. The number of hydrogen-bond donors (Lipinski definition) is 1. The highest BCUT2D eigenvalue weighted by Crippen LogP contribution is 2.42. The number of thiophene rings is 1. The van der Waals surface area contributed by atoms with E-state index in [0.29, 0.717) is 6.42 Å². The molecule has 0 spiro atoms. The number of hydrogen-bond acceptors (Lipinski definition) is 3. The fourth-order valence-corrected chi connectivity index (χ4v) is 3.72. The Bertz CT molecular complexity index is 579. The molecule has 0 fully saturated rings. The molecule has 0 radical (unpaired) electrons. The van der Waals surface area contributed by atoms with Crippen LogP contribution in [0.5, 0.6) is 5.75 Å². The normalized spacial score (nSPS) is 22.4. The third-order valence-corrected chi connectivity index (χ3v) is 4.92. The third-order valence-electron chi connectivity index (χ3n) is 3.14. The van der Waals surface area contributed by atoms with Crippen LogP contribution in [0.1, 0.15) is 34.6 Å². The topological polar surface area (TPSA) is 29.5 Å². The van der Waals surface area contributed by atoms with Crippen LogP contribution in [0.2, 0.25) is 0 Å². The van der Waals surface area contributed by atoms with Crippen molar-refractivity contribution in [3.8, 4) is 5.75 Å². The number of aliphatic hydroxyl groups excluding tert-OH is 1. The van der Waals surface area contributed by atoms with Crippen molar-refractivity contribution in [1.29, 1.82) is 0 Å². The molecule has 0 amide bonds. The van der Waals surface area contributed by atoms with E-state index in [0.717, 1.165) is 26.2 Å². The summed E-state index contributed by atoms with van der Waals surface area (Å²) in [7, 11) is 0. The first-order chi connectivity index (χ1) is 8.63. The largest absolute Gasteiger partial charge is 0.484 e. The molecule has 0 saturated heterocycles. The maximum atomic E-state index is 10.2. The average molecular weight is 325 g/mol. The Morgan fingerprint density at radius 1 is 1.39 bits per heavy atom. The van der Waals surface area contributed by atoms with E-state index in [9.17, 15) is 5.11 Å². The van der Waals surface area contributed by atoms with Crippen LogP contribution in [0.4, 0.5) is 0 Å². The van der Waals surface area contributed by atoms with Crippen molar-refractivity contribution in [3.05, 3.63) is 50.1 Å². The molecule has 1 N–H and O–H groups in total. The number of aliphatic hydroxyl groups is 1. The van der Waals surface area contributed by atoms with Gasteiger partial charge in [-0.05, 0) is 41.1 Å². The molecular formula is C14H13BrO2S. The van der Waals surface area contributed by atoms with Crippen molar-refractivity contribution in [2.75, 3.05) is 0 Å². The van der Waals surface area contributed by atoms with Gasteiger partial charge in [0.15, 0.2) is 0 Å². The number of halogens is 1. The highest BCUT2D eigenvalue weighted by Gasteiger charge is 2.28. The lowest BCUT2D eigenvalue weighted by Gasteiger charge is -2.29. The summed E-state index contributed by atoms with van der Waals surface area (Å²) in [4.78, 5) is 1.15. The smallest absolute Gasteiger partial charge is 0.136 e. The molecule has 2 nitrogen and oxygen atoms in total. The van der Waals surface area contributed by atoms with Crippen LogP contribution in [0.15, 0.2) is 34.1 Å². The van der Waals surface area contributed by atoms with E-state index >= 15 is 0 Å². The molecule has 1 unspecified atom stereocenters. The molecule has 1 aliphatic heterocycles. The molecule has 1 aromatic carbocycles. The zero-order chi connectivity index (χ0) is 12.7. The van der Waals surface area contributed by atoms with Gasteiger partial charge < -0.3 is 9.84 Å². The summed E-state index contributed by atoms with van der Waals surface area (Å²) in [5.41, 5.74) is 2.05. The summed E-state index contributed by atoms with van der Waals surface area (Å²) in [6.45, 7) is 2.02. The van der Waals surface area contributed by atoms with E-state index in [2.05, 4.69) is 22.0 Å². The summed E-state index contributed by atoms with van der Waals surface area (Å²) in [5, 5.41) is 12.3. The van der Waals surface area contributed by atoms with Gasteiger partial charge in [0, 0.05) is 26.7 Å². The van der Waals surface area contributed by atoms with Gasteiger partial charge in [0.25, 0.3) is 0 Å². The summed E-state index contributed by atoms with van der Waals surface area (Å²) in [6.07, 6.45) is 0.120. The van der Waals surface area contributed by atoms with Gasteiger partial charge in [-0.25, -0.2) is 0 Å². The molecule has 2 aromatic rings. The molecule has 0 aliphatic carbocycles. The molecule has 18 heavy (non-hydrogen) atoms. The summed E-state index contributed by atoms with van der Waals surface area (Å²) >= 11 is 5.10. The summed E-state index contributed by atoms with van der Waals surface area (Å²) in [6, 6.07) is 8.02. The van der Waals surface area contributed by atoms with E-state index in [1.165, 1.54) is 0 Å². The number of benzene rings is 1. The minimum Gasteiger partial charge on any atom is -0.484 e. The Morgan fingerprint density at radius 3 is 2.94 bits per heavy atom. The van der Waals surface area contributed by atoms with Crippen molar-refractivity contribution in [3.63, 3.8) is 0 Å². The van der Waals surface area contributed by atoms with Crippen molar-refractivity contribution in [2.24, 2.45) is 0 Å². The molecule has 0 bridgehead atoms. The van der Waals surface area contributed by atoms with Gasteiger partial charge >= 0.3 is 0 Å². The van der Waals surface area contributed by atoms with Crippen LogP contribution < -0.4 is 4.74 Å². The highest BCUT2D eigenvalue weighted by molar-refractivity contribution is 9.10. The first kappa shape index (κ1) is 12.2. The van der Waals surface area contributed by atoms with Crippen LogP contribution >= 0.6 is 27.3 Å². The molecule has 94 valence electrons. The number of fused-ring (bicyclic) bond motifs is 1. The second-order valence-electron chi connectivity index (χ2n) is 4.57. The van der Waals surface area contributed by atoms with E-state index in [1.807, 2.05) is 30.5 Å². The molecule has 2 atom stereocenters. The van der Waals surface area contributed by atoms with Gasteiger partial charge in [-0.3, -0.25) is 0 Å². The monoisotopic (exact) mass is 324 g/mol. The van der Waals surface area contributed by atoms with E-state index in [1.54, 1.807) is 11.3 Å². The minimum absolute atomic E-state index is 0.0495. The van der Waals surface area contributed by atoms with Gasteiger partial charge in [0.2, 0.25) is 0 Å². The van der Waals surface area contributed by atoms with Crippen molar-refractivity contribution >= 4 is 27.3 Å². The second-order valence-corrected chi connectivity index (χ2v) is 6.43. The molecule has 1 aromatic heterocycles. The van der Waals surface area contributed by atoms with Crippen LogP contribution in [-0.2, 0) is 0 Å². The summed E-state index contributed by atoms with van der Waals surface area (Å²) < 4.78 is 7.05. The number of ether oxygens (including phenoxy) is 1. The third kappa shape index (κ3) is 2.20. The zero-order valence-corrected chi connectivity index (χ0v) is 12.3. The average Bonchev–Trinajstić information content (AvgIpc) is 2.77. The van der Waals surface area contributed by atoms with E-state index in [4.69, 9.17) is 4.74 Å². The van der Waals surface area contributed by atoms with Crippen LogP contribution in [0, 0.1) is 6.92 Å². The number of rotatable bonds is 1. The minimum atomic E-state index is -0.445. The van der Waals surface area contributed by atoms with Gasteiger partial charge in [0.05, 0.1) is 6.10 Å². The Balaban J connectivity index is 1.94. The lowest BCUT2D eigenvalue weighted by Crippen LogP contribution is -2.18. The van der Waals surface area contributed by atoms with Crippen LogP contribution in [0.25, 0.3) is 0 Å². The Kier molecular flexibility index (Phi) is 3.18. The quantitative estimate of drug-likeness (QED) is 0.843. The maximum Gasteiger partial charge on any atom is 0.136 e. The van der Waals surface area contributed by atoms with Gasteiger partial charge in [-0.2, -0.15) is 0 Å². The predicted octanol–water partition coefficient (Wildman–Crippen LogP) is 4.38. The Morgan fingerprint density at radius 2 is 2.22 bits per heavy atom. The standard InChI is InChI=1S/C14H13BrO2S/c1-8-2-3-12-10(4-8)11(16)6-13(17-12)14-5-9(15)7-18-14/h2-5,7,11,13,16H,6H2,1H3/t11-,13?/m0/s1. The van der Waals surface area contributed by atoms with Gasteiger partial charge in [0.1, 0.15) is 11.9 Å². The summed E-state index contributed by atoms with van der Waals surface area (Å²) in [5.74, 6) is 0.800. The zero-order valence-electron chi connectivity index (χ0n) is 9.89. The molecule has 0 saturated carbocycles. The maximum absolute atomic E-state index is 10.2. The Labute approximate surface area is 118 Å². The first-order valence-electron chi connectivity index (χ1n) is 5.82. The molecule has 1 aliphatic rings. The lowest BCUT2D eigenvalue weighted by molar-refractivity contribution is 0.0673. The molecule has 2 heterocycles. The fraction of sp³-hybridized carbons (Fsp3) is 0.286. The first-order valence-corrected chi connectivity index (χ1v) is 7.50. The van der Waals surface area contributed by atoms with Crippen LogP contribution in [0.3, 0.4) is 0 Å². The SMILES string of the molecule is Cc1ccc2c(c1)[C@@H](O)CC(c1cc(Br)cs1)O2. The molecule has 4 heteroatoms. The van der Waals surface area contributed by atoms with E-state index in [-0.39, 0.29) is 6.10 Å². The number of aryl methyl sites for hydroxylation is 1. The van der Waals surface area contributed by atoms with E-state index < -0.39 is 6.10 Å². The second kappa shape index (κ2) is 4.68. The van der Waals surface area contributed by atoms with Crippen molar-refractivity contribution in [1.82, 2.24) is 0 Å². The lowest BCUT2D eigenvalue weighted by atomic mass is 9.97. The van der Waals surface area contributed by atoms with Crippen molar-refractivity contribution < 1.29 is 9.84 Å². The van der Waals surface area contributed by atoms with Crippen LogP contribution in [-0.4, -0.2) is 5.11 Å². The van der Waals surface area contributed by atoms with Gasteiger partial charge in [-0.15, -0.1) is 11.3 Å². The fourth-order valence-electron chi connectivity index (χ4n) is 2.24.